The van der Waals surface area contributed by atoms with Gasteiger partial charge in [-0.3, -0.25) is 9.55 Å². The summed E-state index contributed by atoms with van der Waals surface area (Å²) in [6, 6.07) is 3.52. The van der Waals surface area contributed by atoms with Crippen molar-refractivity contribution in [3.63, 3.8) is 0 Å². The van der Waals surface area contributed by atoms with Crippen molar-refractivity contribution in [1.29, 1.82) is 0 Å². The molecule has 2 rings (SSSR count). The van der Waals surface area contributed by atoms with Gasteiger partial charge in [0.1, 0.15) is 5.69 Å². The molecule has 2 heterocycles. The number of nitrogens with two attached hydrogens (primary N) is 1. The van der Waals surface area contributed by atoms with Crippen LogP contribution in [0.5, 0.6) is 0 Å². The summed E-state index contributed by atoms with van der Waals surface area (Å²) in [4.78, 5) is 4.18. The maximum absolute atomic E-state index is 11.5. The van der Waals surface area contributed by atoms with Gasteiger partial charge in [0, 0.05) is 17.2 Å². The second-order valence-corrected chi connectivity index (χ2v) is 6.24. The van der Waals surface area contributed by atoms with E-state index in [1.54, 1.807) is 18.3 Å². The summed E-state index contributed by atoms with van der Waals surface area (Å²) in [5.74, 6) is 0.387. The van der Waals surface area contributed by atoms with E-state index in [1.807, 2.05) is 6.92 Å². The van der Waals surface area contributed by atoms with Gasteiger partial charge in [0.15, 0.2) is 5.82 Å². The van der Waals surface area contributed by atoms with Crippen LogP contribution in [0.15, 0.2) is 28.0 Å². The number of nitrogens with zero attached hydrogens (tertiary/aromatic N) is 4. The normalized spacial score (nSPS) is 11.7. The highest BCUT2D eigenvalue weighted by molar-refractivity contribution is 9.10. The zero-order valence-electron chi connectivity index (χ0n) is 10.1. The first-order chi connectivity index (χ1) is 8.93. The largest absolute Gasteiger partial charge is 0.295 e. The van der Waals surface area contributed by atoms with Crippen molar-refractivity contribution >= 4 is 26.0 Å². The molecule has 0 spiro atoms. The van der Waals surface area contributed by atoms with Crippen molar-refractivity contribution in [1.82, 2.24) is 19.7 Å². The highest BCUT2D eigenvalue weighted by Crippen LogP contribution is 2.20. The minimum atomic E-state index is -3.90. The molecule has 7 nitrogen and oxygen atoms in total. The molecule has 0 atom stereocenters. The highest BCUT2D eigenvalue weighted by Gasteiger charge is 2.21. The summed E-state index contributed by atoms with van der Waals surface area (Å²) in [6.07, 6.45) is 2.33. The van der Waals surface area contributed by atoms with Crippen molar-refractivity contribution in [2.75, 3.05) is 0 Å². The third kappa shape index (κ3) is 2.99. The molecule has 0 saturated heterocycles. The number of aromatic nitrogens is 4. The van der Waals surface area contributed by atoms with Gasteiger partial charge in [-0.1, -0.05) is 6.92 Å². The molecule has 102 valence electrons. The van der Waals surface area contributed by atoms with Gasteiger partial charge in [-0.2, -0.15) is 0 Å². The van der Waals surface area contributed by atoms with E-state index in [9.17, 15) is 8.42 Å². The molecule has 0 radical (unpaired) electrons. The van der Waals surface area contributed by atoms with Gasteiger partial charge in [-0.05, 0) is 34.5 Å². The van der Waals surface area contributed by atoms with Crippen LogP contribution in [0, 0.1) is 0 Å². The highest BCUT2D eigenvalue weighted by atomic mass is 79.9. The third-order valence-electron chi connectivity index (χ3n) is 2.38. The monoisotopic (exact) mass is 345 g/mol. The summed E-state index contributed by atoms with van der Waals surface area (Å²) in [7, 11) is -3.90. The first-order valence-electron chi connectivity index (χ1n) is 5.51. The Kier molecular flexibility index (Phi) is 3.97. The standard InChI is InChI=1S/C10H12BrN5O2S/c1-2-5-16-9(8-4-3-7(11)6-13-8)14-15-10(16)19(12,17)18/h3-4,6H,2,5H2,1H3,(H2,12,17,18). The number of hydrogen-bond acceptors (Lipinski definition) is 5. The molecule has 9 heteroatoms. The van der Waals surface area contributed by atoms with Crippen molar-refractivity contribution in [2.45, 2.75) is 25.0 Å². The summed E-state index contributed by atoms with van der Waals surface area (Å²) in [5.41, 5.74) is 0.541. The van der Waals surface area contributed by atoms with Gasteiger partial charge >= 0.3 is 0 Å². The van der Waals surface area contributed by atoms with E-state index in [4.69, 9.17) is 5.14 Å². The minimum Gasteiger partial charge on any atom is -0.295 e. The van der Waals surface area contributed by atoms with Crippen molar-refractivity contribution in [2.24, 2.45) is 5.14 Å². The molecule has 19 heavy (non-hydrogen) atoms. The zero-order chi connectivity index (χ0) is 14.0. The van der Waals surface area contributed by atoms with Crippen molar-refractivity contribution < 1.29 is 8.42 Å². The fourth-order valence-corrected chi connectivity index (χ4v) is 2.50. The smallest absolute Gasteiger partial charge is 0.273 e. The number of sulfonamides is 1. The van der Waals surface area contributed by atoms with Gasteiger partial charge in [-0.25, -0.2) is 13.6 Å². The van der Waals surface area contributed by atoms with Crippen LogP contribution in [0.4, 0.5) is 0 Å². The molecular weight excluding hydrogens is 334 g/mol. The van der Waals surface area contributed by atoms with E-state index in [2.05, 4.69) is 31.1 Å². The Morgan fingerprint density at radius 2 is 2.11 bits per heavy atom. The summed E-state index contributed by atoms with van der Waals surface area (Å²) in [6.45, 7) is 2.37. The van der Waals surface area contributed by atoms with Crippen LogP contribution in [-0.4, -0.2) is 28.2 Å². The fourth-order valence-electron chi connectivity index (χ4n) is 1.62. The second kappa shape index (κ2) is 5.35. The average Bonchev–Trinajstić information content (AvgIpc) is 2.74. The molecule has 2 aromatic heterocycles. The first kappa shape index (κ1) is 14.1. The first-order valence-corrected chi connectivity index (χ1v) is 7.85. The Bertz CT molecular complexity index is 680. The molecule has 0 saturated carbocycles. The SMILES string of the molecule is CCCn1c(-c2ccc(Br)cn2)nnc1S(N)(=O)=O. The van der Waals surface area contributed by atoms with Crippen LogP contribution in [0.1, 0.15) is 13.3 Å². The zero-order valence-corrected chi connectivity index (χ0v) is 12.5. The van der Waals surface area contributed by atoms with Crippen LogP contribution in [0.25, 0.3) is 11.5 Å². The molecular formula is C10H12BrN5O2S. The summed E-state index contributed by atoms with van der Waals surface area (Å²) in [5, 5.41) is 12.4. The summed E-state index contributed by atoms with van der Waals surface area (Å²) < 4.78 is 25.2. The number of pyridine rings is 1. The Morgan fingerprint density at radius 1 is 1.37 bits per heavy atom. The van der Waals surface area contributed by atoms with Gasteiger partial charge < -0.3 is 0 Å². The Morgan fingerprint density at radius 3 is 2.63 bits per heavy atom. The molecule has 0 aliphatic heterocycles. The maximum Gasteiger partial charge on any atom is 0.273 e. The van der Waals surface area contributed by atoms with Gasteiger partial charge in [-0.15, -0.1) is 10.2 Å². The second-order valence-electron chi connectivity index (χ2n) is 3.86. The molecule has 0 aromatic carbocycles. The van der Waals surface area contributed by atoms with Crippen LogP contribution in [0.2, 0.25) is 0 Å². The minimum absolute atomic E-state index is 0.242. The molecule has 0 aliphatic rings. The lowest BCUT2D eigenvalue weighted by Gasteiger charge is -2.07. The predicted molar refractivity (Wildman–Crippen MR) is 72.6 cm³/mol. The molecule has 2 aromatic rings. The Hall–Kier alpha value is -1.32. The summed E-state index contributed by atoms with van der Waals surface area (Å²) >= 11 is 3.28. The van der Waals surface area contributed by atoms with Crippen molar-refractivity contribution in [3.05, 3.63) is 22.8 Å². The molecule has 0 amide bonds. The number of halogens is 1. The van der Waals surface area contributed by atoms with E-state index in [-0.39, 0.29) is 5.16 Å². The van der Waals surface area contributed by atoms with E-state index < -0.39 is 10.0 Å². The van der Waals surface area contributed by atoms with E-state index in [0.29, 0.717) is 18.1 Å². The van der Waals surface area contributed by atoms with Crippen LogP contribution in [-0.2, 0) is 16.6 Å². The molecule has 0 unspecified atom stereocenters. The van der Waals surface area contributed by atoms with Crippen molar-refractivity contribution in [3.8, 4) is 11.5 Å². The fraction of sp³-hybridized carbons (Fsp3) is 0.300. The Balaban J connectivity index is 2.58. The molecule has 0 fully saturated rings. The van der Waals surface area contributed by atoms with Gasteiger partial charge in [0.2, 0.25) is 0 Å². The van der Waals surface area contributed by atoms with Gasteiger partial charge in [0.25, 0.3) is 15.2 Å². The predicted octanol–water partition coefficient (Wildman–Crippen LogP) is 1.16. The third-order valence-corrected chi connectivity index (χ3v) is 3.66. The molecule has 0 bridgehead atoms. The van der Waals surface area contributed by atoms with E-state index in [1.165, 1.54) is 4.57 Å². The van der Waals surface area contributed by atoms with Gasteiger partial charge in [0.05, 0.1) is 0 Å². The molecule has 0 aliphatic carbocycles. The van der Waals surface area contributed by atoms with Crippen LogP contribution < -0.4 is 5.14 Å². The lowest BCUT2D eigenvalue weighted by Crippen LogP contribution is -2.19. The van der Waals surface area contributed by atoms with Crippen LogP contribution in [0.3, 0.4) is 0 Å². The number of primary sulfonamides is 1. The Labute approximate surface area is 119 Å². The number of rotatable bonds is 4. The van der Waals surface area contributed by atoms with E-state index in [0.717, 1.165) is 10.9 Å². The lowest BCUT2D eigenvalue weighted by molar-refractivity contribution is 0.559. The van der Waals surface area contributed by atoms with E-state index >= 15 is 0 Å². The number of hydrogen-bond donors (Lipinski definition) is 1. The lowest BCUT2D eigenvalue weighted by atomic mass is 10.3. The topological polar surface area (TPSA) is 104 Å². The molecule has 2 N–H and O–H groups in total. The maximum atomic E-state index is 11.5. The quantitative estimate of drug-likeness (QED) is 0.895. The van der Waals surface area contributed by atoms with Crippen LogP contribution >= 0.6 is 15.9 Å². The average molecular weight is 346 g/mol.